The molecule has 0 aromatic heterocycles. The van der Waals surface area contributed by atoms with Gasteiger partial charge in [0.1, 0.15) is 5.69 Å². The monoisotopic (exact) mass is 315 g/mol. The first-order chi connectivity index (χ1) is 9.85. The first kappa shape index (κ1) is 17.4. The van der Waals surface area contributed by atoms with Crippen LogP contribution in [0.3, 0.4) is 0 Å². The van der Waals surface area contributed by atoms with Crippen LogP contribution in [-0.2, 0) is 10.0 Å². The second-order valence-electron chi connectivity index (χ2n) is 4.70. The molecule has 1 rings (SSSR count). The Bertz CT molecular complexity index is 601. The summed E-state index contributed by atoms with van der Waals surface area (Å²) in [6, 6.07) is 3.67. The molecule has 0 bridgehead atoms. The summed E-state index contributed by atoms with van der Waals surface area (Å²) in [6.07, 6.45) is 2.26. The minimum Gasteiger partial charge on any atom is -0.383 e. The maximum atomic E-state index is 12.3. The van der Waals surface area contributed by atoms with E-state index in [1.807, 2.05) is 13.8 Å². The fourth-order valence-corrected chi connectivity index (χ4v) is 3.40. The maximum absolute atomic E-state index is 12.3. The van der Waals surface area contributed by atoms with Gasteiger partial charge in [0.2, 0.25) is 10.0 Å². The van der Waals surface area contributed by atoms with Crippen molar-refractivity contribution in [1.82, 2.24) is 4.72 Å². The van der Waals surface area contributed by atoms with Gasteiger partial charge in [-0.1, -0.05) is 20.3 Å². The number of hydrogen-bond acceptors (Lipinski definition) is 5. The van der Waals surface area contributed by atoms with Gasteiger partial charge in [0.15, 0.2) is 0 Å². The lowest BCUT2D eigenvalue weighted by atomic mass is 10.1. The van der Waals surface area contributed by atoms with E-state index < -0.39 is 14.9 Å². The zero-order valence-corrected chi connectivity index (χ0v) is 13.2. The molecule has 0 amide bonds. The van der Waals surface area contributed by atoms with Crippen molar-refractivity contribution in [3.63, 3.8) is 0 Å². The summed E-state index contributed by atoms with van der Waals surface area (Å²) in [6.45, 7) is 3.87. The fraction of sp³-hybridized carbons (Fsp3) is 0.538. The van der Waals surface area contributed by atoms with Crippen LogP contribution in [0.1, 0.15) is 33.1 Å². The number of benzene rings is 1. The first-order valence-corrected chi connectivity index (χ1v) is 8.32. The molecule has 0 heterocycles. The Morgan fingerprint density at radius 3 is 2.48 bits per heavy atom. The maximum Gasteiger partial charge on any atom is 0.293 e. The highest BCUT2D eigenvalue weighted by atomic mass is 32.2. The molecule has 0 saturated carbocycles. The minimum atomic E-state index is -3.76. The van der Waals surface area contributed by atoms with Gasteiger partial charge < -0.3 is 5.32 Å². The van der Waals surface area contributed by atoms with Gasteiger partial charge in [-0.15, -0.1) is 0 Å². The number of anilines is 1. The van der Waals surface area contributed by atoms with Gasteiger partial charge in [0.25, 0.3) is 5.69 Å². The van der Waals surface area contributed by atoms with E-state index in [-0.39, 0.29) is 22.3 Å². The Balaban J connectivity index is 3.14. The van der Waals surface area contributed by atoms with Gasteiger partial charge in [0.05, 0.1) is 9.82 Å². The third-order valence-electron chi connectivity index (χ3n) is 3.20. The Kier molecular flexibility index (Phi) is 6.10. The Labute approximate surface area is 124 Å². The number of nitro groups is 1. The molecule has 0 aliphatic heterocycles. The molecular weight excluding hydrogens is 294 g/mol. The molecule has 8 heteroatoms. The van der Waals surface area contributed by atoms with Gasteiger partial charge in [-0.05, 0) is 25.0 Å². The van der Waals surface area contributed by atoms with Crippen molar-refractivity contribution in [1.29, 1.82) is 0 Å². The van der Waals surface area contributed by atoms with Crippen LogP contribution in [0.5, 0.6) is 0 Å². The molecule has 1 aromatic rings. The van der Waals surface area contributed by atoms with Crippen LogP contribution in [0, 0.1) is 10.1 Å². The van der Waals surface area contributed by atoms with E-state index in [0.29, 0.717) is 6.42 Å². The highest BCUT2D eigenvalue weighted by Crippen LogP contribution is 2.27. The number of sulfonamides is 1. The lowest BCUT2D eigenvalue weighted by Crippen LogP contribution is -2.34. The lowest BCUT2D eigenvalue weighted by molar-refractivity contribution is -0.384. The second-order valence-corrected chi connectivity index (χ2v) is 6.42. The van der Waals surface area contributed by atoms with Crippen molar-refractivity contribution < 1.29 is 13.3 Å². The molecular formula is C13H21N3O4S. The SMILES string of the molecule is CCCC(CC)NS(=O)(=O)c1ccc(NC)c([N+](=O)[O-])c1. The Morgan fingerprint density at radius 2 is 2.00 bits per heavy atom. The second kappa shape index (κ2) is 7.37. The first-order valence-electron chi connectivity index (χ1n) is 6.84. The van der Waals surface area contributed by atoms with E-state index in [1.54, 1.807) is 7.05 Å². The summed E-state index contributed by atoms with van der Waals surface area (Å²) in [4.78, 5) is 10.3. The largest absolute Gasteiger partial charge is 0.383 e. The highest BCUT2D eigenvalue weighted by molar-refractivity contribution is 7.89. The molecule has 0 spiro atoms. The van der Waals surface area contributed by atoms with Crippen molar-refractivity contribution in [2.24, 2.45) is 0 Å². The average Bonchev–Trinajstić information content (AvgIpc) is 2.45. The van der Waals surface area contributed by atoms with Gasteiger partial charge in [-0.2, -0.15) is 0 Å². The zero-order valence-electron chi connectivity index (χ0n) is 12.4. The zero-order chi connectivity index (χ0) is 16.0. The van der Waals surface area contributed by atoms with Gasteiger partial charge >= 0.3 is 0 Å². The number of rotatable bonds is 8. The predicted molar refractivity (Wildman–Crippen MR) is 82.0 cm³/mol. The van der Waals surface area contributed by atoms with Crippen LogP contribution in [0.2, 0.25) is 0 Å². The quantitative estimate of drug-likeness (QED) is 0.567. The molecule has 1 atom stereocenters. The normalized spacial score (nSPS) is 12.9. The van der Waals surface area contributed by atoms with Gasteiger partial charge in [0, 0.05) is 19.2 Å². The van der Waals surface area contributed by atoms with Crippen LogP contribution in [0.4, 0.5) is 11.4 Å². The van der Waals surface area contributed by atoms with E-state index in [0.717, 1.165) is 18.9 Å². The molecule has 7 nitrogen and oxygen atoms in total. The van der Waals surface area contributed by atoms with Crippen molar-refractivity contribution in [3.05, 3.63) is 28.3 Å². The van der Waals surface area contributed by atoms with Crippen molar-refractivity contribution in [2.75, 3.05) is 12.4 Å². The van der Waals surface area contributed by atoms with E-state index in [1.165, 1.54) is 12.1 Å². The number of nitrogens with zero attached hydrogens (tertiary/aromatic N) is 1. The lowest BCUT2D eigenvalue weighted by Gasteiger charge is -2.16. The molecule has 0 fully saturated rings. The summed E-state index contributed by atoms with van der Waals surface area (Å²) in [5.74, 6) is 0. The standard InChI is InChI=1S/C13H21N3O4S/c1-4-6-10(5-2)15-21(19,20)11-7-8-12(14-3)13(9-11)16(17)18/h7-10,14-15H,4-6H2,1-3H3. The third kappa shape index (κ3) is 4.40. The molecule has 0 saturated heterocycles. The molecule has 1 aromatic carbocycles. The van der Waals surface area contributed by atoms with Crippen LogP contribution in [0.25, 0.3) is 0 Å². The van der Waals surface area contributed by atoms with Crippen molar-refractivity contribution in [3.8, 4) is 0 Å². The van der Waals surface area contributed by atoms with E-state index in [2.05, 4.69) is 10.0 Å². The van der Waals surface area contributed by atoms with Crippen molar-refractivity contribution >= 4 is 21.4 Å². The fourth-order valence-electron chi connectivity index (χ4n) is 2.02. The molecule has 1 unspecified atom stereocenters. The summed E-state index contributed by atoms with van der Waals surface area (Å²) >= 11 is 0. The smallest absolute Gasteiger partial charge is 0.293 e. The van der Waals surface area contributed by atoms with Crippen LogP contribution >= 0.6 is 0 Å². The van der Waals surface area contributed by atoms with E-state index in [4.69, 9.17) is 0 Å². The van der Waals surface area contributed by atoms with Gasteiger partial charge in [-0.25, -0.2) is 13.1 Å². The predicted octanol–water partition coefficient (Wildman–Crippen LogP) is 2.49. The molecule has 0 aliphatic rings. The van der Waals surface area contributed by atoms with Crippen LogP contribution in [0.15, 0.2) is 23.1 Å². The number of nitro benzene ring substituents is 1. The van der Waals surface area contributed by atoms with E-state index in [9.17, 15) is 18.5 Å². The van der Waals surface area contributed by atoms with Crippen LogP contribution in [-0.4, -0.2) is 26.4 Å². The molecule has 21 heavy (non-hydrogen) atoms. The third-order valence-corrected chi connectivity index (χ3v) is 4.72. The molecule has 2 N–H and O–H groups in total. The van der Waals surface area contributed by atoms with Crippen LogP contribution < -0.4 is 10.0 Å². The molecule has 118 valence electrons. The summed E-state index contributed by atoms with van der Waals surface area (Å²) < 4.78 is 27.2. The highest BCUT2D eigenvalue weighted by Gasteiger charge is 2.23. The van der Waals surface area contributed by atoms with Gasteiger partial charge in [-0.3, -0.25) is 10.1 Å². The topological polar surface area (TPSA) is 101 Å². The summed E-state index contributed by atoms with van der Waals surface area (Å²) in [5, 5.41) is 13.7. The number of nitrogens with one attached hydrogen (secondary N) is 2. The summed E-state index contributed by atoms with van der Waals surface area (Å²) in [7, 11) is -2.21. The molecule has 0 aliphatic carbocycles. The summed E-state index contributed by atoms with van der Waals surface area (Å²) in [5.41, 5.74) is 0.0171. The molecule has 0 radical (unpaired) electrons. The minimum absolute atomic E-state index is 0.0947. The Morgan fingerprint density at radius 1 is 1.33 bits per heavy atom. The number of hydrogen-bond donors (Lipinski definition) is 2. The Hall–Kier alpha value is -1.67. The van der Waals surface area contributed by atoms with E-state index >= 15 is 0 Å². The van der Waals surface area contributed by atoms with Crippen molar-refractivity contribution in [2.45, 2.75) is 44.0 Å². The average molecular weight is 315 g/mol.